The van der Waals surface area contributed by atoms with Crippen molar-refractivity contribution in [3.63, 3.8) is 0 Å². The molecule has 0 spiro atoms. The maximum absolute atomic E-state index is 9.02. The number of nitrogens with one attached hydrogen (secondary N) is 1. The third kappa shape index (κ3) is 2.30. The third-order valence-electron chi connectivity index (χ3n) is 1.98. The first kappa shape index (κ1) is 10.9. The molecule has 2 N–H and O–H groups in total. The molecule has 5 heteroatoms. The van der Waals surface area contributed by atoms with Crippen molar-refractivity contribution in [1.82, 2.24) is 9.97 Å². The van der Waals surface area contributed by atoms with E-state index < -0.39 is 0 Å². The molecule has 0 saturated carbocycles. The average Bonchev–Trinajstić information content (AvgIpc) is 2.60. The van der Waals surface area contributed by atoms with Gasteiger partial charge in [0.1, 0.15) is 10.4 Å². The van der Waals surface area contributed by atoms with Crippen LogP contribution in [0.15, 0.2) is 33.3 Å². The molecule has 0 bridgehead atoms. The number of nitrogens with zero attached hydrogens (tertiary/aromatic N) is 1. The Hall–Kier alpha value is -0.650. The molecule has 2 aromatic rings. The second-order valence-corrected chi connectivity index (χ2v) is 4.69. The van der Waals surface area contributed by atoms with Gasteiger partial charge in [0.15, 0.2) is 0 Å². The van der Waals surface area contributed by atoms with Crippen LogP contribution in [0.4, 0.5) is 0 Å². The van der Waals surface area contributed by atoms with Crippen molar-refractivity contribution >= 4 is 31.9 Å². The van der Waals surface area contributed by atoms with Gasteiger partial charge < -0.3 is 10.1 Å². The Morgan fingerprint density at radius 1 is 1.33 bits per heavy atom. The summed E-state index contributed by atoms with van der Waals surface area (Å²) in [5.41, 5.74) is 1.66. The molecule has 15 heavy (non-hydrogen) atoms. The van der Waals surface area contributed by atoms with Crippen molar-refractivity contribution in [2.45, 2.75) is 6.61 Å². The van der Waals surface area contributed by atoms with Crippen molar-refractivity contribution in [1.29, 1.82) is 0 Å². The van der Waals surface area contributed by atoms with Crippen molar-refractivity contribution in [2.75, 3.05) is 0 Å². The van der Waals surface area contributed by atoms with E-state index in [1.807, 2.05) is 24.3 Å². The molecule has 0 amide bonds. The van der Waals surface area contributed by atoms with Gasteiger partial charge in [0.2, 0.25) is 0 Å². The summed E-state index contributed by atoms with van der Waals surface area (Å²) in [5.74, 6) is 0.743. The lowest BCUT2D eigenvalue weighted by Crippen LogP contribution is -1.83. The number of H-pyrrole nitrogens is 1. The van der Waals surface area contributed by atoms with Crippen molar-refractivity contribution < 1.29 is 5.11 Å². The normalized spacial score (nSPS) is 10.6. The van der Waals surface area contributed by atoms with Crippen LogP contribution in [-0.2, 0) is 6.61 Å². The summed E-state index contributed by atoms with van der Waals surface area (Å²) in [6, 6.07) is 7.81. The van der Waals surface area contributed by atoms with Gasteiger partial charge in [0.25, 0.3) is 0 Å². The average molecular weight is 332 g/mol. The second kappa shape index (κ2) is 4.47. The van der Waals surface area contributed by atoms with Gasteiger partial charge in [-0.05, 0) is 28.1 Å². The molecule has 0 atom stereocenters. The summed E-state index contributed by atoms with van der Waals surface area (Å²) in [7, 11) is 0. The fraction of sp³-hybridized carbons (Fsp3) is 0.100. The van der Waals surface area contributed by atoms with Gasteiger partial charge in [0, 0.05) is 10.0 Å². The van der Waals surface area contributed by atoms with Crippen LogP contribution in [-0.4, -0.2) is 15.1 Å². The molecule has 0 aliphatic rings. The fourth-order valence-corrected chi connectivity index (χ4v) is 2.07. The molecule has 0 unspecified atom stereocenters. The van der Waals surface area contributed by atoms with E-state index in [4.69, 9.17) is 5.11 Å². The van der Waals surface area contributed by atoms with E-state index in [9.17, 15) is 0 Å². The second-order valence-electron chi connectivity index (χ2n) is 3.02. The minimum atomic E-state index is -0.0540. The van der Waals surface area contributed by atoms with Crippen LogP contribution in [0.25, 0.3) is 11.4 Å². The van der Waals surface area contributed by atoms with Crippen LogP contribution in [0.3, 0.4) is 0 Å². The van der Waals surface area contributed by atoms with Crippen LogP contribution in [0.1, 0.15) is 5.69 Å². The molecular formula is C10H8Br2N2O. The minimum Gasteiger partial charge on any atom is -0.390 e. The number of hydrogen-bond donors (Lipinski definition) is 2. The number of aromatic nitrogens is 2. The van der Waals surface area contributed by atoms with Gasteiger partial charge in [-0.3, -0.25) is 0 Å². The molecule has 1 heterocycles. The SMILES string of the molecule is OCc1[nH]c(-c2cccc(Br)c2)nc1Br. The first-order valence-electron chi connectivity index (χ1n) is 4.32. The highest BCUT2D eigenvalue weighted by Crippen LogP contribution is 2.24. The van der Waals surface area contributed by atoms with E-state index in [2.05, 4.69) is 41.8 Å². The molecule has 0 fully saturated rings. The van der Waals surface area contributed by atoms with Gasteiger partial charge in [-0.2, -0.15) is 0 Å². The summed E-state index contributed by atoms with van der Waals surface area (Å²) < 4.78 is 1.65. The zero-order chi connectivity index (χ0) is 10.8. The number of rotatable bonds is 2. The first-order chi connectivity index (χ1) is 7.20. The largest absolute Gasteiger partial charge is 0.390 e. The number of hydrogen-bond acceptors (Lipinski definition) is 2. The summed E-state index contributed by atoms with van der Waals surface area (Å²) >= 11 is 6.68. The zero-order valence-electron chi connectivity index (χ0n) is 7.67. The molecule has 1 aromatic heterocycles. The summed E-state index contributed by atoms with van der Waals surface area (Å²) in [6.07, 6.45) is 0. The summed E-state index contributed by atoms with van der Waals surface area (Å²) in [4.78, 5) is 7.32. The smallest absolute Gasteiger partial charge is 0.139 e. The summed E-state index contributed by atoms with van der Waals surface area (Å²) in [5, 5.41) is 9.02. The van der Waals surface area contributed by atoms with Gasteiger partial charge in [-0.25, -0.2) is 4.98 Å². The maximum atomic E-state index is 9.02. The third-order valence-corrected chi connectivity index (χ3v) is 3.13. The van der Waals surface area contributed by atoms with Gasteiger partial charge in [-0.15, -0.1) is 0 Å². The van der Waals surface area contributed by atoms with E-state index >= 15 is 0 Å². The quantitative estimate of drug-likeness (QED) is 0.888. The van der Waals surface area contributed by atoms with Gasteiger partial charge >= 0.3 is 0 Å². The Balaban J connectivity index is 2.45. The number of benzene rings is 1. The summed E-state index contributed by atoms with van der Waals surface area (Å²) in [6.45, 7) is -0.0540. The highest BCUT2D eigenvalue weighted by molar-refractivity contribution is 9.10. The molecular weight excluding hydrogens is 324 g/mol. The standard InChI is InChI=1S/C10H8Br2N2O/c11-7-3-1-2-6(4-7)10-13-8(5-15)9(12)14-10/h1-4,15H,5H2,(H,13,14). The van der Waals surface area contributed by atoms with Crippen molar-refractivity contribution in [2.24, 2.45) is 0 Å². The predicted molar refractivity (Wildman–Crippen MR) is 65.3 cm³/mol. The lowest BCUT2D eigenvalue weighted by atomic mass is 10.2. The number of halogens is 2. The Labute approximate surface area is 104 Å². The van der Waals surface area contributed by atoms with Crippen molar-refractivity contribution in [3.05, 3.63) is 39.0 Å². The molecule has 0 radical (unpaired) electrons. The number of imidazole rings is 1. The first-order valence-corrected chi connectivity index (χ1v) is 5.90. The molecule has 78 valence electrons. The van der Waals surface area contributed by atoms with Crippen molar-refractivity contribution in [3.8, 4) is 11.4 Å². The Morgan fingerprint density at radius 3 is 2.73 bits per heavy atom. The maximum Gasteiger partial charge on any atom is 0.139 e. The molecule has 0 saturated heterocycles. The highest BCUT2D eigenvalue weighted by atomic mass is 79.9. The molecule has 1 aromatic carbocycles. The van der Waals surface area contributed by atoms with E-state index in [1.165, 1.54) is 0 Å². The van der Waals surface area contributed by atoms with Crippen LogP contribution >= 0.6 is 31.9 Å². The number of aliphatic hydroxyl groups is 1. The van der Waals surface area contributed by atoms with E-state index in [0.29, 0.717) is 10.3 Å². The molecule has 0 aliphatic carbocycles. The number of aliphatic hydroxyl groups excluding tert-OH is 1. The minimum absolute atomic E-state index is 0.0540. The lowest BCUT2D eigenvalue weighted by molar-refractivity contribution is 0.276. The van der Waals surface area contributed by atoms with E-state index in [1.54, 1.807) is 0 Å². The van der Waals surface area contributed by atoms with E-state index in [-0.39, 0.29) is 6.61 Å². The van der Waals surface area contributed by atoms with Crippen LogP contribution in [0, 0.1) is 0 Å². The Kier molecular flexibility index (Phi) is 3.23. The Bertz CT molecular complexity index is 482. The van der Waals surface area contributed by atoms with Crippen LogP contribution < -0.4 is 0 Å². The monoisotopic (exact) mass is 330 g/mol. The van der Waals surface area contributed by atoms with Crippen LogP contribution in [0.5, 0.6) is 0 Å². The topological polar surface area (TPSA) is 48.9 Å². The molecule has 0 aliphatic heterocycles. The molecule has 3 nitrogen and oxygen atoms in total. The van der Waals surface area contributed by atoms with E-state index in [0.717, 1.165) is 15.9 Å². The number of aromatic amines is 1. The van der Waals surface area contributed by atoms with Gasteiger partial charge in [-0.1, -0.05) is 28.1 Å². The highest BCUT2D eigenvalue weighted by Gasteiger charge is 2.08. The van der Waals surface area contributed by atoms with Crippen LogP contribution in [0.2, 0.25) is 0 Å². The molecule has 2 rings (SSSR count). The van der Waals surface area contributed by atoms with Gasteiger partial charge in [0.05, 0.1) is 12.3 Å². The Morgan fingerprint density at radius 2 is 2.13 bits per heavy atom. The fourth-order valence-electron chi connectivity index (χ4n) is 1.27. The predicted octanol–water partition coefficient (Wildman–Crippen LogP) is 3.09. The zero-order valence-corrected chi connectivity index (χ0v) is 10.8. The lowest BCUT2D eigenvalue weighted by Gasteiger charge is -1.96.